The third-order valence-electron chi connectivity index (χ3n) is 4.08. The minimum absolute atomic E-state index is 0.0947. The number of halogens is 1. The van der Waals surface area contributed by atoms with Crippen LogP contribution in [0.1, 0.15) is 0 Å². The van der Waals surface area contributed by atoms with Crippen LogP contribution in [-0.4, -0.2) is 41.0 Å². The quantitative estimate of drug-likeness (QED) is 0.473. The predicted octanol–water partition coefficient (Wildman–Crippen LogP) is 3.94. The number of aromatic nitrogens is 3. The molecule has 0 saturated carbocycles. The van der Waals surface area contributed by atoms with E-state index in [1.807, 2.05) is 53.2 Å². The van der Waals surface area contributed by atoms with Crippen LogP contribution in [-0.2, 0) is 4.74 Å². The van der Waals surface area contributed by atoms with Crippen molar-refractivity contribution >= 4 is 21.8 Å². The van der Waals surface area contributed by atoms with Crippen molar-refractivity contribution in [3.05, 3.63) is 60.9 Å². The van der Waals surface area contributed by atoms with E-state index in [1.165, 1.54) is 0 Å². The van der Waals surface area contributed by atoms with Crippen LogP contribution >= 0.6 is 0 Å². The first-order valence-electron chi connectivity index (χ1n) is 8.45. The summed E-state index contributed by atoms with van der Waals surface area (Å²) in [6.07, 6.45) is 3.74. The van der Waals surface area contributed by atoms with Crippen molar-refractivity contribution in [3.8, 4) is 11.7 Å². The van der Waals surface area contributed by atoms with Gasteiger partial charge in [-0.3, -0.25) is 4.57 Å². The smallest absolute Gasteiger partial charge is 0.213 e. The van der Waals surface area contributed by atoms with Gasteiger partial charge in [-0.2, -0.15) is 0 Å². The lowest BCUT2D eigenvalue weighted by atomic mass is 10.2. The summed E-state index contributed by atoms with van der Waals surface area (Å²) < 4.78 is 24.6. The normalized spacial score (nSPS) is 11.3. The molecular weight excluding hydrogens is 333 g/mol. The van der Waals surface area contributed by atoms with E-state index in [0.29, 0.717) is 19.1 Å². The van der Waals surface area contributed by atoms with Crippen molar-refractivity contribution in [3.63, 3.8) is 0 Å². The van der Waals surface area contributed by atoms with Gasteiger partial charge in [0.25, 0.3) is 0 Å². The summed E-state index contributed by atoms with van der Waals surface area (Å²) in [5.74, 6) is 1.36. The molecule has 26 heavy (non-hydrogen) atoms. The summed E-state index contributed by atoms with van der Waals surface area (Å²) in [5.41, 5.74) is 1.90. The molecule has 0 N–H and O–H groups in total. The Balaban J connectivity index is 1.56. The van der Waals surface area contributed by atoms with Gasteiger partial charge in [-0.25, -0.2) is 14.4 Å². The van der Waals surface area contributed by atoms with Gasteiger partial charge in [0.15, 0.2) is 0 Å². The maximum Gasteiger partial charge on any atom is 0.213 e. The summed E-state index contributed by atoms with van der Waals surface area (Å²) in [6.45, 7) is 0.287. The molecule has 3 aromatic heterocycles. The van der Waals surface area contributed by atoms with E-state index in [0.717, 1.165) is 27.6 Å². The average Bonchev–Trinajstić information content (AvgIpc) is 3.11. The highest BCUT2D eigenvalue weighted by molar-refractivity contribution is 5.83. The van der Waals surface area contributed by atoms with E-state index in [2.05, 4.69) is 11.1 Å². The second-order valence-corrected chi connectivity index (χ2v) is 5.78. The van der Waals surface area contributed by atoms with E-state index in [4.69, 9.17) is 14.5 Å². The van der Waals surface area contributed by atoms with Crippen molar-refractivity contribution in [1.82, 2.24) is 14.5 Å². The summed E-state index contributed by atoms with van der Waals surface area (Å²) >= 11 is 0. The standard InChI is InChI=1S/C20H18FN3O2/c21-8-10-25-11-12-26-20-13-16-7-9-24(18(16)14-22-20)19-6-5-15-3-1-2-4-17(15)23-19/h1-7,9,13-14H,8,10-12H2. The Labute approximate surface area is 150 Å². The van der Waals surface area contributed by atoms with Crippen LogP contribution in [0.15, 0.2) is 60.9 Å². The largest absolute Gasteiger partial charge is 0.475 e. The first kappa shape index (κ1) is 16.5. The predicted molar refractivity (Wildman–Crippen MR) is 98.7 cm³/mol. The van der Waals surface area contributed by atoms with E-state index in [-0.39, 0.29) is 6.61 Å². The van der Waals surface area contributed by atoms with Crippen LogP contribution in [0.3, 0.4) is 0 Å². The highest BCUT2D eigenvalue weighted by Gasteiger charge is 2.07. The minimum Gasteiger partial charge on any atom is -0.475 e. The second kappa shape index (κ2) is 7.49. The summed E-state index contributed by atoms with van der Waals surface area (Å²) in [6, 6.07) is 16.0. The van der Waals surface area contributed by atoms with Gasteiger partial charge in [-0.1, -0.05) is 18.2 Å². The molecule has 0 aliphatic rings. The van der Waals surface area contributed by atoms with Crippen molar-refractivity contribution in [2.75, 3.05) is 26.5 Å². The lowest BCUT2D eigenvalue weighted by Crippen LogP contribution is -2.08. The topological polar surface area (TPSA) is 49.2 Å². The van der Waals surface area contributed by atoms with Gasteiger partial charge >= 0.3 is 0 Å². The molecule has 0 radical (unpaired) electrons. The van der Waals surface area contributed by atoms with E-state index in [9.17, 15) is 4.39 Å². The zero-order chi connectivity index (χ0) is 17.8. The van der Waals surface area contributed by atoms with Gasteiger partial charge in [0.05, 0.1) is 30.4 Å². The Bertz CT molecular complexity index is 1030. The molecule has 0 fully saturated rings. The molecule has 1 aromatic carbocycles. The van der Waals surface area contributed by atoms with Crippen LogP contribution in [0.25, 0.3) is 27.6 Å². The van der Waals surface area contributed by atoms with Crippen molar-refractivity contribution < 1.29 is 13.9 Å². The molecule has 0 bridgehead atoms. The van der Waals surface area contributed by atoms with Gasteiger partial charge in [-0.05, 0) is 24.3 Å². The number of ether oxygens (including phenoxy) is 2. The van der Waals surface area contributed by atoms with Gasteiger partial charge in [0.2, 0.25) is 5.88 Å². The number of nitrogens with zero attached hydrogens (tertiary/aromatic N) is 3. The number of benzene rings is 1. The van der Waals surface area contributed by atoms with Crippen LogP contribution in [0, 0.1) is 0 Å². The first-order chi connectivity index (χ1) is 12.8. The molecule has 0 unspecified atom stereocenters. The van der Waals surface area contributed by atoms with Crippen LogP contribution in [0.5, 0.6) is 5.88 Å². The number of hydrogen-bond donors (Lipinski definition) is 0. The third-order valence-corrected chi connectivity index (χ3v) is 4.08. The molecule has 4 rings (SSSR count). The van der Waals surface area contributed by atoms with Crippen LogP contribution in [0.4, 0.5) is 4.39 Å². The maximum atomic E-state index is 12.0. The maximum absolute atomic E-state index is 12.0. The Morgan fingerprint density at radius 2 is 1.88 bits per heavy atom. The van der Waals surface area contributed by atoms with Crippen molar-refractivity contribution in [2.24, 2.45) is 0 Å². The summed E-state index contributed by atoms with van der Waals surface area (Å²) in [5, 5.41) is 2.12. The van der Waals surface area contributed by atoms with Gasteiger partial charge < -0.3 is 9.47 Å². The third kappa shape index (κ3) is 3.36. The highest BCUT2D eigenvalue weighted by Crippen LogP contribution is 2.23. The fraction of sp³-hybridized carbons (Fsp3) is 0.200. The van der Waals surface area contributed by atoms with Crippen molar-refractivity contribution in [2.45, 2.75) is 0 Å². The fourth-order valence-corrected chi connectivity index (χ4v) is 2.84. The van der Waals surface area contributed by atoms with E-state index in [1.54, 1.807) is 6.20 Å². The molecule has 0 saturated heterocycles. The van der Waals surface area contributed by atoms with Gasteiger partial charge in [0.1, 0.15) is 19.1 Å². The molecule has 0 aliphatic carbocycles. The molecule has 3 heterocycles. The van der Waals surface area contributed by atoms with Gasteiger partial charge in [-0.15, -0.1) is 0 Å². The number of fused-ring (bicyclic) bond motifs is 2. The van der Waals surface area contributed by atoms with Crippen LogP contribution < -0.4 is 4.74 Å². The van der Waals surface area contributed by atoms with E-state index >= 15 is 0 Å². The van der Waals surface area contributed by atoms with Crippen molar-refractivity contribution in [1.29, 1.82) is 0 Å². The molecule has 5 nitrogen and oxygen atoms in total. The van der Waals surface area contributed by atoms with E-state index < -0.39 is 6.67 Å². The molecule has 6 heteroatoms. The van der Waals surface area contributed by atoms with Crippen LogP contribution in [0.2, 0.25) is 0 Å². The summed E-state index contributed by atoms with van der Waals surface area (Å²) in [7, 11) is 0. The second-order valence-electron chi connectivity index (χ2n) is 5.78. The molecule has 132 valence electrons. The fourth-order valence-electron chi connectivity index (χ4n) is 2.84. The Kier molecular flexibility index (Phi) is 4.75. The molecule has 0 aliphatic heterocycles. The lowest BCUT2D eigenvalue weighted by molar-refractivity contribution is 0.0884. The Morgan fingerprint density at radius 3 is 2.81 bits per heavy atom. The molecule has 0 atom stereocenters. The number of hydrogen-bond acceptors (Lipinski definition) is 4. The number of pyridine rings is 2. The summed E-state index contributed by atoms with van der Waals surface area (Å²) in [4.78, 5) is 9.07. The number of alkyl halides is 1. The molecule has 0 spiro atoms. The lowest BCUT2D eigenvalue weighted by Gasteiger charge is -2.08. The molecular formula is C20H18FN3O2. The highest BCUT2D eigenvalue weighted by atomic mass is 19.1. The SMILES string of the molecule is FCCOCCOc1cc2ccn(-c3ccc4ccccc4n3)c2cn1. The minimum atomic E-state index is -0.486. The Hall–Kier alpha value is -2.99. The number of rotatable bonds is 7. The average molecular weight is 351 g/mol. The monoisotopic (exact) mass is 351 g/mol. The Morgan fingerprint density at radius 1 is 0.962 bits per heavy atom. The molecule has 0 amide bonds. The zero-order valence-electron chi connectivity index (χ0n) is 14.1. The zero-order valence-corrected chi connectivity index (χ0v) is 14.1. The van der Waals surface area contributed by atoms with Gasteiger partial charge in [0, 0.05) is 23.0 Å². The molecule has 4 aromatic rings. The number of para-hydroxylation sites is 1. The first-order valence-corrected chi connectivity index (χ1v) is 8.45.